The molecule has 4 aliphatic rings. The first-order chi connectivity index (χ1) is 21.3. The molecule has 2 bridgehead atoms. The first-order valence-electron chi connectivity index (χ1n) is 16.1. The Balaban J connectivity index is 1.56. The number of nitrogens with zero attached hydrogens (tertiary/aromatic N) is 4. The Morgan fingerprint density at radius 3 is 2.39 bits per heavy atom. The quantitative estimate of drug-likeness (QED) is 0.318. The zero-order chi connectivity index (χ0) is 31.4. The van der Waals surface area contributed by atoms with Gasteiger partial charge in [0.1, 0.15) is 6.04 Å². The summed E-state index contributed by atoms with van der Waals surface area (Å²) in [7, 11) is 0. The number of hydrogen-bond donors (Lipinski definition) is 1. The van der Waals surface area contributed by atoms with Crippen molar-refractivity contribution in [2.75, 3.05) is 65.6 Å². The van der Waals surface area contributed by atoms with Gasteiger partial charge in [0, 0.05) is 51.1 Å². The van der Waals surface area contributed by atoms with Gasteiger partial charge in [0.05, 0.1) is 42.4 Å². The van der Waals surface area contributed by atoms with Gasteiger partial charge in [0.25, 0.3) is 0 Å². The molecule has 4 saturated heterocycles. The van der Waals surface area contributed by atoms with Gasteiger partial charge in [-0.1, -0.05) is 56.3 Å². The molecular weight excluding hydrogens is 576 g/mol. The summed E-state index contributed by atoms with van der Waals surface area (Å²) in [6, 6.07) is 7.93. The molecule has 240 valence electrons. The highest BCUT2D eigenvalue weighted by atomic mass is 32.2. The topological polar surface area (TPSA) is 93.6 Å². The summed E-state index contributed by atoms with van der Waals surface area (Å²) in [6.07, 6.45) is 5.04. The Bertz CT molecular complexity index is 1210. The van der Waals surface area contributed by atoms with Crippen LogP contribution in [0.1, 0.15) is 38.3 Å². The van der Waals surface area contributed by atoms with E-state index < -0.39 is 28.7 Å². The van der Waals surface area contributed by atoms with Gasteiger partial charge in [-0.2, -0.15) is 0 Å². The lowest BCUT2D eigenvalue weighted by atomic mass is 9.65. The third-order valence-electron chi connectivity index (χ3n) is 10.0. The van der Waals surface area contributed by atoms with Crippen molar-refractivity contribution in [1.82, 2.24) is 19.6 Å². The van der Waals surface area contributed by atoms with Crippen LogP contribution in [0.5, 0.6) is 0 Å². The van der Waals surface area contributed by atoms with Crippen molar-refractivity contribution >= 4 is 29.5 Å². The maximum Gasteiger partial charge on any atom is 0.247 e. The average molecular weight is 625 g/mol. The molecule has 1 aromatic carbocycles. The number of carbonyl (C=O) groups is 3. The number of aliphatic hydroxyl groups is 1. The molecule has 9 nitrogen and oxygen atoms in total. The van der Waals surface area contributed by atoms with Crippen LogP contribution < -0.4 is 0 Å². The van der Waals surface area contributed by atoms with Crippen LogP contribution in [0.2, 0.25) is 0 Å². The largest absolute Gasteiger partial charge is 0.394 e. The highest BCUT2D eigenvalue weighted by molar-refractivity contribution is 8.02. The Morgan fingerprint density at radius 1 is 1.11 bits per heavy atom. The maximum atomic E-state index is 14.9. The lowest BCUT2D eigenvalue weighted by molar-refractivity contribution is -0.147. The van der Waals surface area contributed by atoms with Crippen LogP contribution in [-0.2, 0) is 19.1 Å². The number of thioether (sulfide) groups is 1. The Labute approximate surface area is 266 Å². The van der Waals surface area contributed by atoms with Crippen LogP contribution >= 0.6 is 11.8 Å². The SMILES string of the molecule is C=CCN(CCN1CCOCC1)C(=O)C1N([C@H](CO)c2ccccc2)C(=O)[C@@H]2[C@H](C(=O)N(CC=C)CCC)[C@@H]3CC(C)C12S3. The third kappa shape index (κ3) is 5.74. The van der Waals surface area contributed by atoms with Crippen molar-refractivity contribution < 1.29 is 24.2 Å². The summed E-state index contributed by atoms with van der Waals surface area (Å²) < 4.78 is 4.74. The lowest BCUT2D eigenvalue weighted by Gasteiger charge is -2.42. The van der Waals surface area contributed by atoms with Gasteiger partial charge in [-0.15, -0.1) is 24.9 Å². The first-order valence-corrected chi connectivity index (χ1v) is 17.0. The molecule has 0 saturated carbocycles. The van der Waals surface area contributed by atoms with Crippen molar-refractivity contribution in [3.63, 3.8) is 0 Å². The van der Waals surface area contributed by atoms with Crippen LogP contribution in [0.4, 0.5) is 0 Å². The number of likely N-dealkylation sites (tertiary alicyclic amines) is 1. The van der Waals surface area contributed by atoms with E-state index in [2.05, 4.69) is 25.0 Å². The number of hydrogen-bond acceptors (Lipinski definition) is 7. The van der Waals surface area contributed by atoms with Gasteiger partial charge in [-0.25, -0.2) is 0 Å². The summed E-state index contributed by atoms with van der Waals surface area (Å²) in [5.41, 5.74) is 0.774. The molecule has 10 heteroatoms. The van der Waals surface area contributed by atoms with Gasteiger partial charge in [0.15, 0.2) is 0 Å². The van der Waals surface area contributed by atoms with Crippen molar-refractivity contribution in [2.24, 2.45) is 17.8 Å². The van der Waals surface area contributed by atoms with Crippen molar-refractivity contribution in [1.29, 1.82) is 0 Å². The second-order valence-electron chi connectivity index (χ2n) is 12.5. The van der Waals surface area contributed by atoms with Crippen LogP contribution in [0, 0.1) is 17.8 Å². The highest BCUT2D eigenvalue weighted by Gasteiger charge is 2.77. The minimum Gasteiger partial charge on any atom is -0.394 e. The lowest BCUT2D eigenvalue weighted by Crippen LogP contribution is -2.58. The Kier molecular flexibility index (Phi) is 10.6. The number of carbonyl (C=O) groups excluding carboxylic acids is 3. The van der Waals surface area contributed by atoms with Crippen molar-refractivity contribution in [3.05, 3.63) is 61.2 Å². The zero-order valence-electron chi connectivity index (χ0n) is 26.2. The first kappa shape index (κ1) is 32.7. The molecule has 1 spiro atoms. The molecular formula is C34H48N4O5S. The third-order valence-corrected chi connectivity index (χ3v) is 12.1. The summed E-state index contributed by atoms with van der Waals surface area (Å²) in [4.78, 5) is 51.6. The molecule has 0 aliphatic carbocycles. The minimum absolute atomic E-state index is 0.0278. The van der Waals surface area contributed by atoms with Gasteiger partial charge in [-0.05, 0) is 24.3 Å². The summed E-state index contributed by atoms with van der Waals surface area (Å²) in [6.45, 7) is 17.2. The number of rotatable bonds is 14. The van der Waals surface area contributed by atoms with Crippen LogP contribution in [0.25, 0.3) is 0 Å². The van der Waals surface area contributed by atoms with Crippen LogP contribution in [0.3, 0.4) is 0 Å². The normalized spacial score (nSPS) is 30.2. The molecule has 5 rings (SSSR count). The second kappa shape index (κ2) is 14.2. The Morgan fingerprint density at radius 2 is 1.77 bits per heavy atom. The van der Waals surface area contributed by atoms with Gasteiger partial charge < -0.3 is 24.5 Å². The van der Waals surface area contributed by atoms with Gasteiger partial charge >= 0.3 is 0 Å². The molecule has 44 heavy (non-hydrogen) atoms. The summed E-state index contributed by atoms with van der Waals surface area (Å²) in [5, 5.41) is 10.8. The number of aliphatic hydroxyl groups excluding tert-OH is 1. The van der Waals surface area contributed by atoms with E-state index in [-0.39, 0.29) is 35.5 Å². The number of fused-ring (bicyclic) bond motifs is 1. The molecule has 7 atom stereocenters. The molecule has 1 aromatic rings. The monoisotopic (exact) mass is 624 g/mol. The van der Waals surface area contributed by atoms with Crippen molar-refractivity contribution in [3.8, 4) is 0 Å². The molecule has 4 fully saturated rings. The number of morpholine rings is 1. The maximum absolute atomic E-state index is 14.9. The zero-order valence-corrected chi connectivity index (χ0v) is 27.0. The van der Waals surface area contributed by atoms with Crippen LogP contribution in [0.15, 0.2) is 55.6 Å². The predicted octanol–water partition coefficient (Wildman–Crippen LogP) is 2.83. The standard InChI is InChI=1S/C34H48N4O5S/c1-5-13-36(14-6-2)31(40)28-27-22-24(4)34(44-27)29(28)32(41)38(26(23-39)25-11-9-8-10-12-25)30(34)33(42)37(15-7-3)17-16-35-18-20-43-21-19-35/h5,7-12,24,26-30,39H,1,3,6,13-23H2,2,4H3/t24?,26-,27+,28-,29+,30?,34?/m1/s1. The van der Waals surface area contributed by atoms with Gasteiger partial charge in [0.2, 0.25) is 17.7 Å². The number of amides is 3. The Hall–Kier alpha value is -2.66. The number of ether oxygens (including phenoxy) is 1. The highest BCUT2D eigenvalue weighted by Crippen LogP contribution is 2.69. The fraction of sp³-hybridized carbons (Fsp3) is 0.618. The van der Waals surface area contributed by atoms with Crippen molar-refractivity contribution in [2.45, 2.75) is 48.8 Å². The van der Waals surface area contributed by atoms with E-state index in [0.29, 0.717) is 45.9 Å². The molecule has 1 N–H and O–H groups in total. The number of benzene rings is 1. The molecule has 3 amide bonds. The van der Waals surface area contributed by atoms with E-state index in [9.17, 15) is 19.5 Å². The second-order valence-corrected chi connectivity index (χ2v) is 14.1. The van der Waals surface area contributed by atoms with Crippen LogP contribution in [-0.4, -0.2) is 124 Å². The summed E-state index contributed by atoms with van der Waals surface area (Å²) >= 11 is 1.68. The minimum atomic E-state index is -0.816. The average Bonchev–Trinajstić information content (AvgIpc) is 3.63. The van der Waals surface area contributed by atoms with E-state index in [1.54, 1.807) is 28.8 Å². The molecule has 0 aromatic heterocycles. The van der Waals surface area contributed by atoms with E-state index in [0.717, 1.165) is 31.5 Å². The molecule has 0 radical (unpaired) electrons. The summed E-state index contributed by atoms with van der Waals surface area (Å²) in [5.74, 6) is -1.49. The van der Waals surface area contributed by atoms with E-state index in [1.807, 2.05) is 47.1 Å². The molecule has 3 unspecified atom stereocenters. The molecule has 4 aliphatic heterocycles. The van der Waals surface area contributed by atoms with E-state index >= 15 is 0 Å². The van der Waals surface area contributed by atoms with E-state index in [1.165, 1.54) is 0 Å². The predicted molar refractivity (Wildman–Crippen MR) is 173 cm³/mol. The van der Waals surface area contributed by atoms with Gasteiger partial charge in [-0.3, -0.25) is 19.3 Å². The fourth-order valence-corrected chi connectivity index (χ4v) is 10.4. The molecule has 4 heterocycles. The smallest absolute Gasteiger partial charge is 0.247 e. The van der Waals surface area contributed by atoms with E-state index in [4.69, 9.17) is 4.74 Å². The fourth-order valence-electron chi connectivity index (χ4n) is 8.02.